The van der Waals surface area contributed by atoms with E-state index in [4.69, 9.17) is 0 Å². The number of rotatable bonds is 5. The van der Waals surface area contributed by atoms with E-state index in [2.05, 4.69) is 28.8 Å². The van der Waals surface area contributed by atoms with Gasteiger partial charge in [0.2, 0.25) is 0 Å². The van der Waals surface area contributed by atoms with Gasteiger partial charge in [0.1, 0.15) is 5.82 Å². The lowest BCUT2D eigenvalue weighted by atomic mass is 10.1. The van der Waals surface area contributed by atoms with Crippen LogP contribution in [0.4, 0.5) is 0 Å². The lowest BCUT2D eigenvalue weighted by molar-refractivity contribution is 0.549. The summed E-state index contributed by atoms with van der Waals surface area (Å²) in [6, 6.07) is 2.01. The van der Waals surface area contributed by atoms with Crippen molar-refractivity contribution in [3.63, 3.8) is 0 Å². The smallest absolute Gasteiger partial charge is 0.145 e. The Kier molecular flexibility index (Phi) is 4.26. The summed E-state index contributed by atoms with van der Waals surface area (Å²) in [6.45, 7) is 6.10. The van der Waals surface area contributed by atoms with Crippen LogP contribution in [-0.4, -0.2) is 17.0 Å². The van der Waals surface area contributed by atoms with E-state index in [9.17, 15) is 0 Å². The van der Waals surface area contributed by atoms with E-state index in [1.54, 1.807) is 12.4 Å². The van der Waals surface area contributed by atoms with Crippen molar-refractivity contribution < 1.29 is 0 Å². The van der Waals surface area contributed by atoms with Crippen molar-refractivity contribution in [2.45, 2.75) is 25.8 Å². The van der Waals surface area contributed by atoms with Crippen molar-refractivity contribution in [3.8, 4) is 0 Å². The van der Waals surface area contributed by atoms with E-state index in [1.807, 2.05) is 13.1 Å². The first-order valence-corrected chi connectivity index (χ1v) is 4.88. The van der Waals surface area contributed by atoms with Crippen molar-refractivity contribution >= 4 is 0 Å². The molecule has 0 radical (unpaired) electrons. The molecule has 0 aliphatic rings. The fraction of sp³-hybridized carbons (Fsp3) is 0.455. The first-order chi connectivity index (χ1) is 6.77. The summed E-state index contributed by atoms with van der Waals surface area (Å²) in [6.07, 6.45) is 5.44. The highest BCUT2D eigenvalue weighted by Crippen LogP contribution is 2.17. The maximum absolute atomic E-state index is 4.22. The third kappa shape index (κ3) is 2.92. The minimum atomic E-state index is 0.184. The zero-order valence-electron chi connectivity index (χ0n) is 8.83. The summed E-state index contributed by atoms with van der Waals surface area (Å²) >= 11 is 0. The first-order valence-electron chi connectivity index (χ1n) is 4.88. The molecular weight excluding hydrogens is 174 g/mol. The van der Waals surface area contributed by atoms with Gasteiger partial charge >= 0.3 is 0 Å². The fourth-order valence-electron chi connectivity index (χ4n) is 1.25. The summed E-state index contributed by atoms with van der Waals surface area (Å²) < 4.78 is 0. The van der Waals surface area contributed by atoms with Gasteiger partial charge in [-0.3, -0.25) is 0 Å². The third-order valence-electron chi connectivity index (χ3n) is 2.24. The summed E-state index contributed by atoms with van der Waals surface area (Å²) in [5.74, 6) is 0.838. The van der Waals surface area contributed by atoms with Gasteiger partial charge in [0, 0.05) is 12.4 Å². The van der Waals surface area contributed by atoms with Gasteiger partial charge in [0.05, 0.1) is 6.04 Å². The molecule has 1 aromatic heterocycles. The molecule has 0 aliphatic carbocycles. The Labute approximate surface area is 85.3 Å². The summed E-state index contributed by atoms with van der Waals surface area (Å²) in [4.78, 5) is 8.45. The summed E-state index contributed by atoms with van der Waals surface area (Å²) in [7, 11) is 1.92. The van der Waals surface area contributed by atoms with Crippen LogP contribution in [0.5, 0.6) is 0 Å². The fourth-order valence-corrected chi connectivity index (χ4v) is 1.25. The SMILES string of the molecule is C=C(CC)CC(NC)c1ncccn1. The molecule has 0 saturated carbocycles. The largest absolute Gasteiger partial charge is 0.310 e. The zero-order chi connectivity index (χ0) is 10.4. The molecule has 1 rings (SSSR count). The average molecular weight is 191 g/mol. The van der Waals surface area contributed by atoms with Crippen molar-refractivity contribution in [1.82, 2.24) is 15.3 Å². The molecule has 1 atom stereocenters. The molecule has 0 aromatic carbocycles. The van der Waals surface area contributed by atoms with E-state index in [0.717, 1.165) is 18.7 Å². The number of hydrogen-bond acceptors (Lipinski definition) is 3. The molecule has 3 nitrogen and oxygen atoms in total. The average Bonchev–Trinajstić information content (AvgIpc) is 2.26. The second kappa shape index (κ2) is 5.50. The first kappa shape index (κ1) is 10.9. The van der Waals surface area contributed by atoms with E-state index in [-0.39, 0.29) is 6.04 Å². The van der Waals surface area contributed by atoms with Crippen molar-refractivity contribution in [2.75, 3.05) is 7.05 Å². The van der Waals surface area contributed by atoms with E-state index in [1.165, 1.54) is 5.57 Å². The molecule has 1 aromatic rings. The minimum absolute atomic E-state index is 0.184. The van der Waals surface area contributed by atoms with E-state index >= 15 is 0 Å². The van der Waals surface area contributed by atoms with Gasteiger partial charge in [0.25, 0.3) is 0 Å². The van der Waals surface area contributed by atoms with Gasteiger partial charge in [-0.1, -0.05) is 19.1 Å². The van der Waals surface area contributed by atoms with Gasteiger partial charge in [-0.15, -0.1) is 0 Å². The lowest BCUT2D eigenvalue weighted by Gasteiger charge is -2.14. The van der Waals surface area contributed by atoms with Crippen molar-refractivity contribution in [3.05, 3.63) is 36.4 Å². The normalized spacial score (nSPS) is 12.4. The molecule has 76 valence electrons. The van der Waals surface area contributed by atoms with Crippen LogP contribution >= 0.6 is 0 Å². The Morgan fingerprint density at radius 3 is 2.64 bits per heavy atom. The molecule has 0 saturated heterocycles. The van der Waals surface area contributed by atoms with Crippen LogP contribution in [0.15, 0.2) is 30.6 Å². The molecule has 0 aliphatic heterocycles. The van der Waals surface area contributed by atoms with Gasteiger partial charge < -0.3 is 5.32 Å². The van der Waals surface area contributed by atoms with Crippen LogP contribution in [0.2, 0.25) is 0 Å². The van der Waals surface area contributed by atoms with Crippen LogP contribution in [0.25, 0.3) is 0 Å². The second-order valence-corrected chi connectivity index (χ2v) is 3.26. The number of hydrogen-bond donors (Lipinski definition) is 1. The van der Waals surface area contributed by atoms with Crippen LogP contribution in [0.1, 0.15) is 31.6 Å². The van der Waals surface area contributed by atoms with Crippen LogP contribution < -0.4 is 5.32 Å². The highest BCUT2D eigenvalue weighted by atomic mass is 15.0. The van der Waals surface area contributed by atoms with E-state index in [0.29, 0.717) is 0 Å². The quantitative estimate of drug-likeness (QED) is 0.724. The molecule has 1 heterocycles. The van der Waals surface area contributed by atoms with Crippen molar-refractivity contribution in [2.24, 2.45) is 0 Å². The second-order valence-electron chi connectivity index (χ2n) is 3.26. The highest BCUT2D eigenvalue weighted by molar-refractivity contribution is 5.04. The molecule has 14 heavy (non-hydrogen) atoms. The van der Waals surface area contributed by atoms with Crippen molar-refractivity contribution in [1.29, 1.82) is 0 Å². The molecule has 1 unspecified atom stereocenters. The van der Waals surface area contributed by atoms with Crippen LogP contribution in [0.3, 0.4) is 0 Å². The number of nitrogens with zero attached hydrogens (tertiary/aromatic N) is 2. The molecule has 0 bridgehead atoms. The van der Waals surface area contributed by atoms with E-state index < -0.39 is 0 Å². The monoisotopic (exact) mass is 191 g/mol. The topological polar surface area (TPSA) is 37.8 Å². The number of nitrogens with one attached hydrogen (secondary N) is 1. The standard InChI is InChI=1S/C11H17N3/c1-4-9(2)8-10(12-3)11-13-6-5-7-14-11/h5-7,10,12H,2,4,8H2,1,3H3. The van der Waals surface area contributed by atoms with Crippen LogP contribution in [-0.2, 0) is 0 Å². The molecule has 3 heteroatoms. The molecule has 0 fully saturated rings. The summed E-state index contributed by atoms with van der Waals surface area (Å²) in [5.41, 5.74) is 1.22. The minimum Gasteiger partial charge on any atom is -0.310 e. The lowest BCUT2D eigenvalue weighted by Crippen LogP contribution is -2.19. The van der Waals surface area contributed by atoms with Crippen LogP contribution in [0, 0.1) is 0 Å². The van der Waals surface area contributed by atoms with Gasteiger partial charge in [-0.2, -0.15) is 0 Å². The summed E-state index contributed by atoms with van der Waals surface area (Å²) in [5, 5.41) is 3.20. The maximum Gasteiger partial charge on any atom is 0.145 e. The third-order valence-corrected chi connectivity index (χ3v) is 2.24. The Morgan fingerprint density at radius 2 is 2.14 bits per heavy atom. The van der Waals surface area contributed by atoms with Gasteiger partial charge in [-0.25, -0.2) is 9.97 Å². The Hall–Kier alpha value is -1.22. The maximum atomic E-state index is 4.22. The zero-order valence-corrected chi connectivity index (χ0v) is 8.83. The molecule has 0 amide bonds. The predicted octanol–water partition coefficient (Wildman–Crippen LogP) is 2.09. The van der Waals surface area contributed by atoms with Gasteiger partial charge in [0.15, 0.2) is 0 Å². The number of aromatic nitrogens is 2. The predicted molar refractivity (Wildman–Crippen MR) is 57.9 cm³/mol. The molecular formula is C11H17N3. The van der Waals surface area contributed by atoms with Gasteiger partial charge in [-0.05, 0) is 26.0 Å². The highest BCUT2D eigenvalue weighted by Gasteiger charge is 2.11. The Morgan fingerprint density at radius 1 is 1.50 bits per heavy atom. The Bertz CT molecular complexity index is 282. The molecule has 0 spiro atoms. The molecule has 1 N–H and O–H groups in total. The Balaban J connectivity index is 2.68.